The number of nitrogens with zero attached hydrogens (tertiary/aromatic N) is 1. The Labute approximate surface area is 134 Å². The van der Waals surface area contributed by atoms with Gasteiger partial charge in [0.05, 0.1) is 16.8 Å². The molecule has 2 heterocycles. The highest BCUT2D eigenvalue weighted by Gasteiger charge is 2.36. The van der Waals surface area contributed by atoms with E-state index >= 15 is 0 Å². The zero-order valence-corrected chi connectivity index (χ0v) is 13.5. The van der Waals surface area contributed by atoms with Crippen LogP contribution in [0.4, 0.5) is 0 Å². The molecule has 5 nitrogen and oxygen atoms in total. The highest BCUT2D eigenvalue weighted by atomic mass is 16.6. The summed E-state index contributed by atoms with van der Waals surface area (Å²) in [5, 5.41) is 0.916. The van der Waals surface area contributed by atoms with E-state index in [0.29, 0.717) is 24.1 Å². The van der Waals surface area contributed by atoms with Crippen molar-refractivity contribution in [3.63, 3.8) is 0 Å². The molecule has 1 aliphatic heterocycles. The van der Waals surface area contributed by atoms with Crippen LogP contribution in [0.15, 0.2) is 24.3 Å². The van der Waals surface area contributed by atoms with Gasteiger partial charge < -0.3 is 9.47 Å². The summed E-state index contributed by atoms with van der Waals surface area (Å²) in [7, 11) is 0. The molecule has 1 fully saturated rings. The van der Waals surface area contributed by atoms with Gasteiger partial charge in [0.25, 0.3) is 0 Å². The maximum atomic E-state index is 12.6. The summed E-state index contributed by atoms with van der Waals surface area (Å²) >= 11 is 0. The number of aryl methyl sites for hydroxylation is 2. The second-order valence-corrected chi connectivity index (χ2v) is 5.81. The monoisotopic (exact) mass is 313 g/mol. The Bertz CT molecular complexity index is 784. The largest absolute Gasteiger partial charge is 0.460 e. The van der Waals surface area contributed by atoms with Crippen LogP contribution in [-0.4, -0.2) is 29.1 Å². The number of aromatic nitrogens is 1. The zero-order valence-electron chi connectivity index (χ0n) is 13.5. The summed E-state index contributed by atoms with van der Waals surface area (Å²) in [5.41, 5.74) is 2.83. The van der Waals surface area contributed by atoms with Crippen molar-refractivity contribution < 1.29 is 19.1 Å². The smallest absolute Gasteiger partial charge is 0.347 e. The van der Waals surface area contributed by atoms with Gasteiger partial charge in [-0.05, 0) is 31.9 Å². The molecule has 2 aromatic rings. The standard InChI is InChI=1S/C18H19NO4/c1-4-13-16(11(3)12-7-5-6-8-14(12)19-13)18(21)23-15-9-10(2)22-17(15)20/h5-8,10,15H,4,9H2,1-3H3/t10-,15+/m0/s1. The molecule has 0 radical (unpaired) electrons. The lowest BCUT2D eigenvalue weighted by molar-refractivity contribution is -0.147. The quantitative estimate of drug-likeness (QED) is 0.815. The molecule has 1 aliphatic rings. The van der Waals surface area contributed by atoms with Crippen LogP contribution < -0.4 is 0 Å². The molecule has 0 unspecified atom stereocenters. The molecular weight excluding hydrogens is 294 g/mol. The van der Waals surface area contributed by atoms with Crippen molar-refractivity contribution in [2.45, 2.75) is 45.8 Å². The first-order valence-electron chi connectivity index (χ1n) is 7.81. The SMILES string of the molecule is CCc1nc2ccccc2c(C)c1C(=O)O[C@@H]1C[C@H](C)OC1=O. The van der Waals surface area contributed by atoms with Gasteiger partial charge in [0, 0.05) is 11.8 Å². The van der Waals surface area contributed by atoms with Crippen molar-refractivity contribution >= 4 is 22.8 Å². The molecular formula is C18H19NO4. The van der Waals surface area contributed by atoms with E-state index in [9.17, 15) is 9.59 Å². The van der Waals surface area contributed by atoms with Gasteiger partial charge in [0.2, 0.25) is 6.10 Å². The number of fused-ring (bicyclic) bond motifs is 1. The lowest BCUT2D eigenvalue weighted by Gasteiger charge is -2.14. The van der Waals surface area contributed by atoms with Gasteiger partial charge in [-0.1, -0.05) is 25.1 Å². The van der Waals surface area contributed by atoms with E-state index in [-0.39, 0.29) is 6.10 Å². The average molecular weight is 313 g/mol. The average Bonchev–Trinajstić information content (AvgIpc) is 2.84. The molecule has 0 aliphatic carbocycles. The van der Waals surface area contributed by atoms with Crippen molar-refractivity contribution in [2.24, 2.45) is 0 Å². The van der Waals surface area contributed by atoms with E-state index in [1.54, 1.807) is 6.92 Å². The fourth-order valence-electron chi connectivity index (χ4n) is 2.97. The van der Waals surface area contributed by atoms with Crippen LogP contribution in [-0.2, 0) is 20.7 Å². The number of carbonyl (C=O) groups is 2. The van der Waals surface area contributed by atoms with Crippen LogP contribution in [0, 0.1) is 6.92 Å². The summed E-state index contributed by atoms with van der Waals surface area (Å²) in [6, 6.07) is 7.68. The third-order valence-corrected chi connectivity index (χ3v) is 4.14. The van der Waals surface area contributed by atoms with Gasteiger partial charge in [-0.25, -0.2) is 9.59 Å². The minimum atomic E-state index is -0.826. The number of benzene rings is 1. The Morgan fingerprint density at radius 2 is 2.13 bits per heavy atom. The first-order valence-corrected chi connectivity index (χ1v) is 7.81. The topological polar surface area (TPSA) is 65.5 Å². The third kappa shape index (κ3) is 2.79. The summed E-state index contributed by atoms with van der Waals surface area (Å²) in [6.45, 7) is 5.61. The van der Waals surface area contributed by atoms with Gasteiger partial charge in [-0.3, -0.25) is 4.98 Å². The molecule has 0 spiro atoms. The van der Waals surface area contributed by atoms with Crippen LogP contribution in [0.2, 0.25) is 0 Å². The van der Waals surface area contributed by atoms with E-state index in [2.05, 4.69) is 4.98 Å². The van der Waals surface area contributed by atoms with Gasteiger partial charge in [-0.15, -0.1) is 0 Å². The van der Waals surface area contributed by atoms with Crippen LogP contribution in [0.3, 0.4) is 0 Å². The van der Waals surface area contributed by atoms with Gasteiger partial charge >= 0.3 is 11.9 Å². The molecule has 0 N–H and O–H groups in total. The van der Waals surface area contributed by atoms with Crippen molar-refractivity contribution in [1.82, 2.24) is 4.98 Å². The number of rotatable bonds is 3. The Balaban J connectivity index is 1.99. The first-order chi connectivity index (χ1) is 11.0. The summed E-state index contributed by atoms with van der Waals surface area (Å²) < 4.78 is 10.4. The maximum absolute atomic E-state index is 12.6. The van der Waals surface area contributed by atoms with Gasteiger partial charge in [0.1, 0.15) is 6.10 Å². The minimum absolute atomic E-state index is 0.221. The van der Waals surface area contributed by atoms with E-state index in [4.69, 9.17) is 9.47 Å². The number of hydrogen-bond acceptors (Lipinski definition) is 5. The number of carbonyl (C=O) groups excluding carboxylic acids is 2. The fourth-order valence-corrected chi connectivity index (χ4v) is 2.97. The zero-order chi connectivity index (χ0) is 16.6. The predicted octanol–water partition coefficient (Wildman–Crippen LogP) is 2.97. The number of pyridine rings is 1. The number of esters is 2. The number of ether oxygens (including phenoxy) is 2. The van der Waals surface area contributed by atoms with Gasteiger partial charge in [-0.2, -0.15) is 0 Å². The number of cyclic esters (lactones) is 1. The highest BCUT2D eigenvalue weighted by molar-refractivity contribution is 5.99. The molecule has 0 amide bonds. The molecule has 1 aromatic carbocycles. The molecule has 0 bridgehead atoms. The Kier molecular flexibility index (Phi) is 4.03. The van der Waals surface area contributed by atoms with Crippen molar-refractivity contribution in [2.75, 3.05) is 0 Å². The first kappa shape index (κ1) is 15.5. The van der Waals surface area contributed by atoms with E-state index in [1.807, 2.05) is 38.1 Å². The lowest BCUT2D eigenvalue weighted by Crippen LogP contribution is -2.24. The van der Waals surface area contributed by atoms with Crippen molar-refractivity contribution in [3.05, 3.63) is 41.1 Å². The van der Waals surface area contributed by atoms with E-state index < -0.39 is 18.0 Å². The van der Waals surface area contributed by atoms with Crippen LogP contribution >= 0.6 is 0 Å². The Morgan fingerprint density at radius 3 is 2.78 bits per heavy atom. The normalized spacial score (nSPS) is 20.6. The van der Waals surface area contributed by atoms with Gasteiger partial charge in [0.15, 0.2) is 0 Å². The predicted molar refractivity (Wildman–Crippen MR) is 85.2 cm³/mol. The lowest BCUT2D eigenvalue weighted by atomic mass is 10.0. The Hall–Kier alpha value is -2.43. The van der Waals surface area contributed by atoms with E-state index in [0.717, 1.165) is 16.5 Å². The second-order valence-electron chi connectivity index (χ2n) is 5.81. The molecule has 23 heavy (non-hydrogen) atoms. The van der Waals surface area contributed by atoms with Crippen LogP contribution in [0.25, 0.3) is 10.9 Å². The molecule has 120 valence electrons. The molecule has 0 saturated carbocycles. The Morgan fingerprint density at radius 1 is 1.39 bits per heavy atom. The molecule has 1 aromatic heterocycles. The molecule has 2 atom stereocenters. The highest BCUT2D eigenvalue weighted by Crippen LogP contribution is 2.26. The summed E-state index contributed by atoms with van der Waals surface area (Å²) in [5.74, 6) is -0.982. The number of para-hydroxylation sites is 1. The van der Waals surface area contributed by atoms with E-state index in [1.165, 1.54) is 0 Å². The molecule has 1 saturated heterocycles. The molecule has 5 heteroatoms. The summed E-state index contributed by atoms with van der Waals surface area (Å²) in [6.07, 6.45) is -0.0388. The van der Waals surface area contributed by atoms with Crippen molar-refractivity contribution in [3.8, 4) is 0 Å². The number of hydrogen-bond donors (Lipinski definition) is 0. The van der Waals surface area contributed by atoms with Crippen molar-refractivity contribution in [1.29, 1.82) is 0 Å². The third-order valence-electron chi connectivity index (χ3n) is 4.14. The maximum Gasteiger partial charge on any atom is 0.347 e. The van der Waals surface area contributed by atoms with Crippen LogP contribution in [0.1, 0.15) is 41.9 Å². The fraction of sp³-hybridized carbons (Fsp3) is 0.389. The molecule has 3 rings (SSSR count). The van der Waals surface area contributed by atoms with Crippen LogP contribution in [0.5, 0.6) is 0 Å². The minimum Gasteiger partial charge on any atom is -0.460 e. The summed E-state index contributed by atoms with van der Waals surface area (Å²) in [4.78, 5) is 28.9. The second kappa shape index (κ2) is 5.99.